The van der Waals surface area contributed by atoms with Crippen molar-refractivity contribution >= 4 is 15.2 Å². The van der Waals surface area contributed by atoms with Crippen LogP contribution < -0.4 is 0 Å². The van der Waals surface area contributed by atoms with E-state index >= 15 is 0 Å². The molecule has 0 aromatic heterocycles. The van der Waals surface area contributed by atoms with Gasteiger partial charge in [0.15, 0.2) is 4.90 Å². The van der Waals surface area contributed by atoms with Gasteiger partial charge in [-0.15, -0.1) is 0 Å². The van der Waals surface area contributed by atoms with Crippen LogP contribution in [0, 0.1) is 0 Å². The minimum Gasteiger partial charge on any atom is -0.324 e. The molecule has 7 nitrogen and oxygen atoms in total. The Morgan fingerprint density at radius 3 is 1.49 bits per heavy atom. The molecule has 1 atom stereocenters. The fourth-order valence-electron chi connectivity index (χ4n) is 3.89. The van der Waals surface area contributed by atoms with Crippen molar-refractivity contribution in [2.75, 3.05) is 6.61 Å². The van der Waals surface area contributed by atoms with Crippen molar-refractivity contribution in [3.63, 3.8) is 0 Å². The van der Waals surface area contributed by atoms with E-state index in [4.69, 9.17) is 4.52 Å². The van der Waals surface area contributed by atoms with Gasteiger partial charge >= 0.3 is 15.2 Å². The summed E-state index contributed by atoms with van der Waals surface area (Å²) in [7, 11) is -9.30. The third-order valence-corrected chi connectivity index (χ3v) is 11.9. The second-order valence-corrected chi connectivity index (χ2v) is 14.1. The lowest BCUT2D eigenvalue weighted by Crippen LogP contribution is -2.29. The minimum atomic E-state index is -4.86. The van der Waals surface area contributed by atoms with Crippen LogP contribution in [0.5, 0.6) is 0 Å². The molecule has 0 bridgehead atoms. The summed E-state index contributed by atoms with van der Waals surface area (Å²) in [6, 6.07) is 0. The molecule has 0 amide bonds. The van der Waals surface area contributed by atoms with Crippen molar-refractivity contribution in [3.05, 3.63) is 46.6 Å². The quantitative estimate of drug-likeness (QED) is 0.0529. The first-order valence-corrected chi connectivity index (χ1v) is 15.7. The monoisotopic (exact) mass is 534 g/mol. The average Bonchev–Trinajstić information content (AvgIpc) is 2.76. The van der Waals surface area contributed by atoms with Crippen molar-refractivity contribution in [1.29, 1.82) is 0 Å². The third kappa shape index (κ3) is 11.9. The Kier molecular flexibility index (Phi) is 16.5. The maximum Gasteiger partial charge on any atom is 0.375 e. The maximum atomic E-state index is 13.0. The van der Waals surface area contributed by atoms with E-state index in [1.807, 2.05) is 13.0 Å². The molecule has 0 aliphatic rings. The highest BCUT2D eigenvalue weighted by atomic mass is 31.2. The molecule has 0 saturated heterocycles. The third-order valence-electron chi connectivity index (χ3n) is 6.32. The summed E-state index contributed by atoms with van der Waals surface area (Å²) < 4.78 is 34.4. The van der Waals surface area contributed by atoms with Crippen LogP contribution in [0.1, 0.15) is 106 Å². The Morgan fingerprint density at radius 1 is 0.743 bits per heavy atom. The van der Waals surface area contributed by atoms with Crippen LogP contribution in [0.2, 0.25) is 0 Å². The standard InChI is InChI=1S/C26H48O7P2/c1-8-26(9-2,34(28,29)30)35(31,33-27)32-21-13-20-25(7)19-12-18-24(6)17-11-16-23(5)15-10-14-22(3)4/h14,16,18,20,27H,8-13,15,17,19,21H2,1-7H3,(H2,28,29,30)/b23-16+,24-18+,25-20+. The first-order chi connectivity index (χ1) is 16.3. The van der Waals surface area contributed by atoms with Crippen LogP contribution in [0.4, 0.5) is 0 Å². The van der Waals surface area contributed by atoms with Crippen molar-refractivity contribution in [2.45, 2.75) is 111 Å². The number of rotatable bonds is 18. The molecule has 9 heteroatoms. The Bertz CT molecular complexity index is 842. The molecule has 0 heterocycles. The molecule has 0 fully saturated rings. The minimum absolute atomic E-state index is 0.0783. The highest BCUT2D eigenvalue weighted by Gasteiger charge is 2.61. The molecule has 0 spiro atoms. The van der Waals surface area contributed by atoms with E-state index in [1.165, 1.54) is 30.6 Å². The highest BCUT2D eigenvalue weighted by Crippen LogP contribution is 2.76. The molecule has 0 aliphatic heterocycles. The fourth-order valence-corrected chi connectivity index (χ4v) is 7.84. The molecule has 0 saturated carbocycles. The van der Waals surface area contributed by atoms with Crippen LogP contribution in [-0.2, 0) is 18.3 Å². The first kappa shape index (κ1) is 34.2. The highest BCUT2D eigenvalue weighted by molar-refractivity contribution is 7.73. The summed E-state index contributed by atoms with van der Waals surface area (Å²) in [5, 5.41) is 9.21. The Balaban J connectivity index is 4.63. The molecule has 0 radical (unpaired) electrons. The van der Waals surface area contributed by atoms with Crippen LogP contribution >= 0.6 is 15.2 Å². The van der Waals surface area contributed by atoms with Gasteiger partial charge in [0.25, 0.3) is 0 Å². The number of hydrogen-bond acceptors (Lipinski definition) is 5. The summed E-state index contributed by atoms with van der Waals surface area (Å²) >= 11 is 0. The van der Waals surface area contributed by atoms with Crippen molar-refractivity contribution in [2.24, 2.45) is 0 Å². The van der Waals surface area contributed by atoms with Gasteiger partial charge in [-0.3, -0.25) is 9.13 Å². The van der Waals surface area contributed by atoms with E-state index in [1.54, 1.807) is 0 Å². The van der Waals surface area contributed by atoms with E-state index in [2.05, 4.69) is 50.6 Å². The topological polar surface area (TPSA) is 113 Å². The Morgan fingerprint density at radius 2 is 1.14 bits per heavy atom. The lowest BCUT2D eigenvalue weighted by atomic mass is 10.0. The SMILES string of the molecule is CCC(CC)(P(=O)(O)O)P(=O)(OO)OCC/C=C(\C)CC/C=C(\C)CC/C=C(\C)CCC=C(C)C. The molecule has 0 aromatic rings. The molecule has 204 valence electrons. The van der Waals surface area contributed by atoms with E-state index in [0.29, 0.717) is 6.42 Å². The van der Waals surface area contributed by atoms with Gasteiger partial charge in [0.1, 0.15) is 0 Å². The van der Waals surface area contributed by atoms with Gasteiger partial charge in [-0.2, -0.15) is 4.67 Å². The van der Waals surface area contributed by atoms with Crippen molar-refractivity contribution in [1.82, 2.24) is 0 Å². The molecule has 0 aromatic carbocycles. The van der Waals surface area contributed by atoms with E-state index in [-0.39, 0.29) is 19.4 Å². The maximum absolute atomic E-state index is 13.0. The van der Waals surface area contributed by atoms with Gasteiger partial charge in [0, 0.05) is 0 Å². The second-order valence-electron chi connectivity index (χ2n) is 9.48. The average molecular weight is 535 g/mol. The Hall–Kier alpha value is -0.780. The van der Waals surface area contributed by atoms with Crippen molar-refractivity contribution < 1.29 is 33.4 Å². The lowest BCUT2D eigenvalue weighted by molar-refractivity contribution is -0.152. The molecule has 0 aliphatic carbocycles. The zero-order valence-electron chi connectivity index (χ0n) is 22.7. The number of hydrogen-bond donors (Lipinski definition) is 3. The Labute approximate surface area is 213 Å². The van der Waals surface area contributed by atoms with E-state index in [9.17, 15) is 24.2 Å². The fraction of sp³-hybridized carbons (Fsp3) is 0.692. The van der Waals surface area contributed by atoms with E-state index < -0.39 is 20.1 Å². The molecule has 0 rings (SSSR count). The van der Waals surface area contributed by atoms with Gasteiger partial charge in [0.2, 0.25) is 0 Å². The molecule has 1 unspecified atom stereocenters. The molecular formula is C26H48O7P2. The molecular weight excluding hydrogens is 486 g/mol. The molecule has 3 N–H and O–H groups in total. The first-order valence-electron chi connectivity index (χ1n) is 12.5. The normalized spacial score (nSPS) is 15.8. The van der Waals surface area contributed by atoms with Crippen LogP contribution in [0.3, 0.4) is 0 Å². The second kappa shape index (κ2) is 16.9. The zero-order valence-corrected chi connectivity index (χ0v) is 24.5. The summed E-state index contributed by atoms with van der Waals surface area (Å²) in [6.45, 7) is 13.5. The largest absolute Gasteiger partial charge is 0.375 e. The molecule has 35 heavy (non-hydrogen) atoms. The van der Waals surface area contributed by atoms with Gasteiger partial charge in [0.05, 0.1) is 6.61 Å². The number of allylic oxidation sites excluding steroid dienone is 7. The van der Waals surface area contributed by atoms with Crippen LogP contribution in [0.25, 0.3) is 0 Å². The zero-order chi connectivity index (χ0) is 27.1. The smallest absolute Gasteiger partial charge is 0.324 e. The summed E-state index contributed by atoms with van der Waals surface area (Å²) in [6.07, 6.45) is 15.0. The summed E-state index contributed by atoms with van der Waals surface area (Å²) in [5.74, 6) is 0. The summed E-state index contributed by atoms with van der Waals surface area (Å²) in [4.78, 5) is 17.5. The predicted molar refractivity (Wildman–Crippen MR) is 146 cm³/mol. The van der Waals surface area contributed by atoms with Gasteiger partial charge in [-0.25, -0.2) is 5.26 Å². The van der Waals surface area contributed by atoms with Gasteiger partial charge in [-0.1, -0.05) is 60.4 Å². The van der Waals surface area contributed by atoms with Gasteiger partial charge < -0.3 is 14.3 Å². The predicted octanol–water partition coefficient (Wildman–Crippen LogP) is 8.92. The van der Waals surface area contributed by atoms with Crippen molar-refractivity contribution in [3.8, 4) is 0 Å². The van der Waals surface area contributed by atoms with Gasteiger partial charge in [-0.05, 0) is 92.4 Å². The van der Waals surface area contributed by atoms with Crippen LogP contribution in [0.15, 0.2) is 46.6 Å². The van der Waals surface area contributed by atoms with Crippen LogP contribution in [-0.4, -0.2) is 26.5 Å². The lowest BCUT2D eigenvalue weighted by Gasteiger charge is -2.35. The summed E-state index contributed by atoms with van der Waals surface area (Å²) in [5.41, 5.74) is 5.30. The van der Waals surface area contributed by atoms with E-state index in [0.717, 1.165) is 44.1 Å².